The van der Waals surface area contributed by atoms with Crippen LogP contribution in [0.2, 0.25) is 0 Å². The predicted octanol–water partition coefficient (Wildman–Crippen LogP) is 6.10. The third-order valence-corrected chi connectivity index (χ3v) is 5.20. The molecule has 0 saturated heterocycles. The molecule has 0 spiro atoms. The number of carbonyl (C=O) groups is 2. The SMILES string of the molecule is CCc1cccc(CC)c1NC(=O)c1ccc(OCC(=O)Nc2cccc(C(F)(F)F)c2)cc1. The summed E-state index contributed by atoms with van der Waals surface area (Å²) < 4.78 is 43.8. The Bertz CT molecular complexity index is 1140. The first-order valence-electron chi connectivity index (χ1n) is 10.8. The van der Waals surface area contributed by atoms with Crippen LogP contribution in [0, 0.1) is 0 Å². The molecule has 0 aliphatic heterocycles. The number of ether oxygens (including phenoxy) is 1. The highest BCUT2D eigenvalue weighted by atomic mass is 19.4. The fourth-order valence-electron chi connectivity index (χ4n) is 3.41. The quantitative estimate of drug-likeness (QED) is 0.418. The molecule has 0 aliphatic carbocycles. The minimum atomic E-state index is -4.50. The number of carbonyl (C=O) groups excluding carboxylic acids is 2. The highest BCUT2D eigenvalue weighted by molar-refractivity contribution is 6.05. The lowest BCUT2D eigenvalue weighted by molar-refractivity contribution is -0.137. The molecule has 8 heteroatoms. The number of para-hydroxylation sites is 1. The molecule has 2 N–H and O–H groups in total. The highest BCUT2D eigenvalue weighted by Crippen LogP contribution is 2.30. The summed E-state index contributed by atoms with van der Waals surface area (Å²) in [6.45, 7) is 3.66. The number of aryl methyl sites for hydroxylation is 2. The Morgan fingerprint density at radius 2 is 1.47 bits per heavy atom. The fourth-order valence-corrected chi connectivity index (χ4v) is 3.41. The maximum atomic E-state index is 12.8. The minimum Gasteiger partial charge on any atom is -0.484 e. The normalized spacial score (nSPS) is 11.1. The molecule has 0 saturated carbocycles. The molecule has 5 nitrogen and oxygen atoms in total. The third-order valence-electron chi connectivity index (χ3n) is 5.20. The van der Waals surface area contributed by atoms with E-state index in [4.69, 9.17) is 4.74 Å². The molecule has 0 heterocycles. The molecule has 0 radical (unpaired) electrons. The van der Waals surface area contributed by atoms with Crippen LogP contribution in [0.1, 0.15) is 40.9 Å². The van der Waals surface area contributed by atoms with Crippen molar-refractivity contribution in [2.75, 3.05) is 17.2 Å². The van der Waals surface area contributed by atoms with Gasteiger partial charge in [-0.25, -0.2) is 0 Å². The van der Waals surface area contributed by atoms with Crippen LogP contribution < -0.4 is 15.4 Å². The zero-order valence-corrected chi connectivity index (χ0v) is 18.8. The molecule has 2 amide bonds. The number of hydrogen-bond donors (Lipinski definition) is 2. The Balaban J connectivity index is 1.58. The van der Waals surface area contributed by atoms with E-state index in [2.05, 4.69) is 10.6 Å². The molecular weight excluding hydrogens is 445 g/mol. The minimum absolute atomic E-state index is 0.0225. The number of halogens is 3. The summed E-state index contributed by atoms with van der Waals surface area (Å²) in [5.41, 5.74) is 2.53. The largest absolute Gasteiger partial charge is 0.484 e. The van der Waals surface area contributed by atoms with Crippen LogP contribution in [0.25, 0.3) is 0 Å². The number of nitrogens with one attached hydrogen (secondary N) is 2. The van der Waals surface area contributed by atoms with Gasteiger partial charge in [-0.15, -0.1) is 0 Å². The number of alkyl halides is 3. The second kappa shape index (κ2) is 10.9. The standard InChI is InChI=1S/C26H25F3N2O3/c1-3-17-7-5-8-18(4-2)24(17)31-25(33)19-11-13-22(14-12-19)34-16-23(32)30-21-10-6-9-20(15-21)26(27,28)29/h5-15H,3-4,16H2,1-2H3,(H,30,32)(H,31,33). The number of hydrogen-bond acceptors (Lipinski definition) is 3. The van der Waals surface area contributed by atoms with Crippen LogP contribution in [0.3, 0.4) is 0 Å². The van der Waals surface area contributed by atoms with E-state index in [-0.39, 0.29) is 11.6 Å². The van der Waals surface area contributed by atoms with Crippen LogP contribution in [0.4, 0.5) is 24.5 Å². The lowest BCUT2D eigenvalue weighted by Gasteiger charge is -2.14. The van der Waals surface area contributed by atoms with Gasteiger partial charge in [0.1, 0.15) is 5.75 Å². The zero-order chi connectivity index (χ0) is 24.7. The van der Waals surface area contributed by atoms with Crippen LogP contribution in [-0.2, 0) is 23.8 Å². The monoisotopic (exact) mass is 470 g/mol. The van der Waals surface area contributed by atoms with E-state index in [1.165, 1.54) is 12.1 Å². The van der Waals surface area contributed by atoms with Gasteiger partial charge in [0.2, 0.25) is 0 Å². The van der Waals surface area contributed by atoms with E-state index in [1.807, 2.05) is 32.0 Å². The average molecular weight is 470 g/mol. The van der Waals surface area contributed by atoms with Crippen molar-refractivity contribution in [2.45, 2.75) is 32.9 Å². The van der Waals surface area contributed by atoms with Crippen molar-refractivity contribution in [3.8, 4) is 5.75 Å². The van der Waals surface area contributed by atoms with E-state index in [0.29, 0.717) is 11.3 Å². The summed E-state index contributed by atoms with van der Waals surface area (Å²) in [4.78, 5) is 24.8. The van der Waals surface area contributed by atoms with Crippen LogP contribution in [0.5, 0.6) is 5.75 Å². The van der Waals surface area contributed by atoms with Gasteiger partial charge in [-0.2, -0.15) is 13.2 Å². The van der Waals surface area contributed by atoms with Gasteiger partial charge in [0, 0.05) is 16.9 Å². The van der Waals surface area contributed by atoms with Gasteiger partial charge < -0.3 is 15.4 Å². The van der Waals surface area contributed by atoms with E-state index in [9.17, 15) is 22.8 Å². The summed E-state index contributed by atoms with van der Waals surface area (Å²) in [7, 11) is 0. The molecule has 0 aliphatic rings. The molecule has 34 heavy (non-hydrogen) atoms. The van der Waals surface area contributed by atoms with Crippen molar-refractivity contribution in [3.63, 3.8) is 0 Å². The van der Waals surface area contributed by atoms with Crippen molar-refractivity contribution in [2.24, 2.45) is 0 Å². The molecule has 3 aromatic rings. The number of anilines is 2. The molecule has 0 aromatic heterocycles. The van der Waals surface area contributed by atoms with Crippen molar-refractivity contribution in [3.05, 3.63) is 89.0 Å². The summed E-state index contributed by atoms with van der Waals surface area (Å²) >= 11 is 0. The molecule has 3 aromatic carbocycles. The Labute approximate surface area is 195 Å². The zero-order valence-electron chi connectivity index (χ0n) is 18.8. The Kier molecular flexibility index (Phi) is 7.94. The van der Waals surface area contributed by atoms with Crippen LogP contribution >= 0.6 is 0 Å². The van der Waals surface area contributed by atoms with Gasteiger partial charge in [-0.3, -0.25) is 9.59 Å². The number of amides is 2. The van der Waals surface area contributed by atoms with E-state index in [1.54, 1.807) is 24.3 Å². The Hall–Kier alpha value is -3.81. The lowest BCUT2D eigenvalue weighted by atomic mass is 10.0. The van der Waals surface area contributed by atoms with Gasteiger partial charge in [-0.05, 0) is 66.4 Å². The first-order valence-corrected chi connectivity index (χ1v) is 10.8. The second-order valence-electron chi connectivity index (χ2n) is 7.55. The van der Waals surface area contributed by atoms with E-state index in [0.717, 1.165) is 41.8 Å². The van der Waals surface area contributed by atoms with Crippen molar-refractivity contribution in [1.29, 1.82) is 0 Å². The summed E-state index contributed by atoms with van der Waals surface area (Å²) in [6, 6.07) is 16.6. The predicted molar refractivity (Wildman–Crippen MR) is 125 cm³/mol. The molecule has 0 unspecified atom stereocenters. The molecule has 0 fully saturated rings. The van der Waals surface area contributed by atoms with E-state index >= 15 is 0 Å². The molecule has 0 bridgehead atoms. The molecule has 0 atom stereocenters. The highest BCUT2D eigenvalue weighted by Gasteiger charge is 2.30. The Morgan fingerprint density at radius 3 is 2.06 bits per heavy atom. The maximum Gasteiger partial charge on any atom is 0.416 e. The lowest BCUT2D eigenvalue weighted by Crippen LogP contribution is -2.20. The summed E-state index contributed by atoms with van der Waals surface area (Å²) in [5.74, 6) is -0.521. The van der Waals surface area contributed by atoms with Gasteiger partial charge in [-0.1, -0.05) is 38.1 Å². The third kappa shape index (κ3) is 6.37. The summed E-state index contributed by atoms with van der Waals surface area (Å²) in [5, 5.41) is 5.36. The van der Waals surface area contributed by atoms with Gasteiger partial charge in [0.25, 0.3) is 11.8 Å². The Morgan fingerprint density at radius 1 is 0.853 bits per heavy atom. The number of rotatable bonds is 8. The molecule has 178 valence electrons. The van der Waals surface area contributed by atoms with E-state index < -0.39 is 24.3 Å². The second-order valence-corrected chi connectivity index (χ2v) is 7.55. The average Bonchev–Trinajstić information content (AvgIpc) is 2.82. The first kappa shape index (κ1) is 24.8. The first-order chi connectivity index (χ1) is 16.2. The van der Waals surface area contributed by atoms with Gasteiger partial charge >= 0.3 is 6.18 Å². The van der Waals surface area contributed by atoms with Crippen LogP contribution in [0.15, 0.2) is 66.7 Å². The van der Waals surface area contributed by atoms with Crippen molar-refractivity contribution in [1.82, 2.24) is 0 Å². The van der Waals surface area contributed by atoms with Gasteiger partial charge in [0.05, 0.1) is 5.56 Å². The molecular formula is C26H25F3N2O3. The van der Waals surface area contributed by atoms with Crippen molar-refractivity contribution >= 4 is 23.2 Å². The van der Waals surface area contributed by atoms with Crippen LogP contribution in [-0.4, -0.2) is 18.4 Å². The topological polar surface area (TPSA) is 67.4 Å². The fraction of sp³-hybridized carbons (Fsp3) is 0.231. The van der Waals surface area contributed by atoms with Crippen molar-refractivity contribution < 1.29 is 27.5 Å². The number of benzene rings is 3. The molecule has 3 rings (SSSR count). The van der Waals surface area contributed by atoms with Gasteiger partial charge in [0.15, 0.2) is 6.61 Å². The summed E-state index contributed by atoms with van der Waals surface area (Å²) in [6.07, 6.45) is -2.92. The maximum absolute atomic E-state index is 12.8. The smallest absolute Gasteiger partial charge is 0.416 e.